The summed E-state index contributed by atoms with van der Waals surface area (Å²) in [4.78, 5) is 29.1. The molecule has 0 spiro atoms. The largest absolute Gasteiger partial charge is 0.467 e. The van der Waals surface area contributed by atoms with E-state index in [0.29, 0.717) is 48.1 Å². The third kappa shape index (κ3) is 8.29. The number of alkyl halides is 2. The monoisotopic (exact) mass is 589 g/mol. The van der Waals surface area contributed by atoms with Crippen LogP contribution in [0.2, 0.25) is 0 Å². The van der Waals surface area contributed by atoms with Crippen molar-refractivity contribution in [2.24, 2.45) is 0 Å². The molecule has 0 atom stereocenters. The van der Waals surface area contributed by atoms with Crippen LogP contribution < -0.4 is 9.64 Å². The number of pyridine rings is 1. The second-order valence-electron chi connectivity index (χ2n) is 8.44. The SMILES string of the molecule is C=Cc1cccc(-c2cnc3c(N4CCN(C(=O)C(=C)F)CC4)nc(OC)nc3c2)c1/C(Cl)=C\C.CC.CC(F)F. The summed E-state index contributed by atoms with van der Waals surface area (Å²) in [5, 5.41) is 0.611. The van der Waals surface area contributed by atoms with Gasteiger partial charge in [-0.25, -0.2) is 13.2 Å². The standard InChI is InChI=1S/C26H25ClFN5O2.C2H4F2.C2H6/c1-5-17-8-7-9-19(22(17)20(27)6-2)18-14-21-23(29-15-18)24(31-26(30-21)35-4)32-10-12-33(13-11-32)25(34)16(3)28;1-2(3)4;1-2/h5-9,14-15H,1,3,10-13H2,2,4H3;2H,1H3;1-2H3/b20-6+;;. The van der Waals surface area contributed by atoms with Gasteiger partial charge in [0.15, 0.2) is 11.6 Å². The molecular weight excluding hydrogens is 555 g/mol. The van der Waals surface area contributed by atoms with Crippen molar-refractivity contribution in [2.75, 3.05) is 38.2 Å². The summed E-state index contributed by atoms with van der Waals surface area (Å²) < 4.78 is 39.3. The third-order valence-corrected chi connectivity index (χ3v) is 6.31. The molecular formula is C30H35ClF3N5O2. The van der Waals surface area contributed by atoms with Crippen LogP contribution in [-0.4, -0.2) is 65.5 Å². The maximum Gasteiger partial charge on any atom is 0.318 e. The number of hydrogen-bond acceptors (Lipinski definition) is 6. The number of allylic oxidation sites excluding steroid dienone is 1. The predicted octanol–water partition coefficient (Wildman–Crippen LogP) is 7.37. The van der Waals surface area contributed by atoms with E-state index in [1.54, 1.807) is 12.3 Å². The molecule has 1 saturated heterocycles. The quantitative estimate of drug-likeness (QED) is 0.280. The molecule has 0 bridgehead atoms. The van der Waals surface area contributed by atoms with Crippen molar-refractivity contribution >= 4 is 45.5 Å². The molecule has 7 nitrogen and oxygen atoms in total. The Labute approximate surface area is 244 Å². The summed E-state index contributed by atoms with van der Waals surface area (Å²) >= 11 is 6.56. The van der Waals surface area contributed by atoms with Crippen LogP contribution in [-0.2, 0) is 4.79 Å². The number of nitrogens with zero attached hydrogens (tertiary/aromatic N) is 5. The molecule has 3 aromatic rings. The van der Waals surface area contributed by atoms with Crippen molar-refractivity contribution in [1.82, 2.24) is 19.9 Å². The lowest BCUT2D eigenvalue weighted by Crippen LogP contribution is -2.49. The van der Waals surface area contributed by atoms with Gasteiger partial charge in [0.1, 0.15) is 5.52 Å². The lowest BCUT2D eigenvalue weighted by Gasteiger charge is -2.35. The van der Waals surface area contributed by atoms with Crippen LogP contribution in [0.3, 0.4) is 0 Å². The topological polar surface area (TPSA) is 71.5 Å². The van der Waals surface area contributed by atoms with Crippen LogP contribution in [0.25, 0.3) is 33.3 Å². The molecule has 11 heteroatoms. The maximum absolute atomic E-state index is 13.3. The fourth-order valence-corrected chi connectivity index (χ4v) is 4.34. The van der Waals surface area contributed by atoms with Gasteiger partial charge < -0.3 is 14.5 Å². The molecule has 0 saturated carbocycles. The predicted molar refractivity (Wildman–Crippen MR) is 161 cm³/mol. The second kappa shape index (κ2) is 15.8. The molecule has 2 aromatic heterocycles. The van der Waals surface area contributed by atoms with E-state index in [0.717, 1.165) is 29.2 Å². The average Bonchev–Trinajstić information content (AvgIpc) is 2.99. The normalized spacial score (nSPS) is 13.2. The molecule has 0 radical (unpaired) electrons. The minimum atomic E-state index is -2.17. The zero-order valence-electron chi connectivity index (χ0n) is 23.9. The molecule has 1 fully saturated rings. The highest BCUT2D eigenvalue weighted by Crippen LogP contribution is 2.36. The molecule has 0 N–H and O–H groups in total. The Bertz CT molecular complexity index is 1400. The van der Waals surface area contributed by atoms with E-state index < -0.39 is 18.2 Å². The van der Waals surface area contributed by atoms with E-state index in [-0.39, 0.29) is 6.01 Å². The molecule has 220 valence electrons. The summed E-state index contributed by atoms with van der Waals surface area (Å²) in [5.74, 6) is -1.05. The number of hydrogen-bond donors (Lipinski definition) is 0. The highest BCUT2D eigenvalue weighted by molar-refractivity contribution is 6.49. The fourth-order valence-electron chi connectivity index (χ4n) is 4.13. The van der Waals surface area contributed by atoms with Crippen LogP contribution in [0.4, 0.5) is 19.0 Å². The van der Waals surface area contributed by atoms with Gasteiger partial charge in [0.2, 0.25) is 6.43 Å². The number of fused-ring (bicyclic) bond motifs is 1. The number of piperazine rings is 1. The summed E-state index contributed by atoms with van der Waals surface area (Å²) in [6.45, 7) is 15.3. The summed E-state index contributed by atoms with van der Waals surface area (Å²) in [6.07, 6.45) is 3.21. The highest BCUT2D eigenvalue weighted by atomic mass is 35.5. The average molecular weight is 590 g/mol. The zero-order valence-corrected chi connectivity index (χ0v) is 24.7. The number of rotatable bonds is 6. The van der Waals surface area contributed by atoms with Gasteiger partial charge in [-0.3, -0.25) is 9.78 Å². The minimum absolute atomic E-state index is 0.202. The summed E-state index contributed by atoms with van der Waals surface area (Å²) in [7, 11) is 1.50. The van der Waals surface area contributed by atoms with Gasteiger partial charge in [-0.2, -0.15) is 9.97 Å². The number of aromatic nitrogens is 3. The molecule has 41 heavy (non-hydrogen) atoms. The van der Waals surface area contributed by atoms with Crippen LogP contribution in [0.1, 0.15) is 38.8 Å². The zero-order chi connectivity index (χ0) is 30.7. The molecule has 1 aliphatic rings. The summed E-state index contributed by atoms with van der Waals surface area (Å²) in [6, 6.07) is 8.00. The highest BCUT2D eigenvalue weighted by Gasteiger charge is 2.26. The van der Waals surface area contributed by atoms with Gasteiger partial charge in [0, 0.05) is 48.5 Å². The first kappa shape index (κ1) is 33.3. The number of amides is 1. The first-order valence-electron chi connectivity index (χ1n) is 13.1. The Morgan fingerprint density at radius 3 is 2.34 bits per heavy atom. The van der Waals surface area contributed by atoms with Gasteiger partial charge in [0.05, 0.1) is 12.6 Å². The van der Waals surface area contributed by atoms with E-state index in [1.165, 1.54) is 12.0 Å². The molecule has 1 amide bonds. The molecule has 0 aliphatic carbocycles. The Morgan fingerprint density at radius 1 is 1.17 bits per heavy atom. The molecule has 3 heterocycles. The van der Waals surface area contributed by atoms with Gasteiger partial charge in [0.25, 0.3) is 5.91 Å². The van der Waals surface area contributed by atoms with Gasteiger partial charge in [-0.1, -0.05) is 69.0 Å². The number of benzene rings is 1. The van der Waals surface area contributed by atoms with E-state index in [1.807, 2.05) is 56.0 Å². The fraction of sp³-hybridized carbons (Fsp3) is 0.333. The van der Waals surface area contributed by atoms with E-state index >= 15 is 0 Å². The second-order valence-corrected chi connectivity index (χ2v) is 8.85. The van der Waals surface area contributed by atoms with Crippen molar-refractivity contribution in [1.29, 1.82) is 0 Å². The van der Waals surface area contributed by atoms with E-state index in [4.69, 9.17) is 21.3 Å². The Morgan fingerprint density at radius 2 is 1.80 bits per heavy atom. The molecule has 4 rings (SSSR count). The molecule has 1 aromatic carbocycles. The number of anilines is 1. The Hall–Kier alpha value is -3.92. The Balaban J connectivity index is 0.000000902. The van der Waals surface area contributed by atoms with E-state index in [9.17, 15) is 18.0 Å². The Kier molecular flexibility index (Phi) is 12.8. The van der Waals surface area contributed by atoms with Crippen LogP contribution in [0, 0.1) is 0 Å². The van der Waals surface area contributed by atoms with E-state index in [2.05, 4.69) is 23.1 Å². The van der Waals surface area contributed by atoms with Crippen molar-refractivity contribution in [2.45, 2.75) is 34.1 Å². The smallest absolute Gasteiger partial charge is 0.318 e. The lowest BCUT2D eigenvalue weighted by molar-refractivity contribution is -0.128. The number of methoxy groups -OCH3 is 1. The van der Waals surface area contributed by atoms with Crippen LogP contribution in [0.5, 0.6) is 6.01 Å². The number of ether oxygens (including phenoxy) is 1. The van der Waals surface area contributed by atoms with Crippen LogP contribution >= 0.6 is 11.6 Å². The van der Waals surface area contributed by atoms with Gasteiger partial charge >= 0.3 is 6.01 Å². The minimum Gasteiger partial charge on any atom is -0.467 e. The third-order valence-electron chi connectivity index (χ3n) is 5.90. The molecule has 0 unspecified atom stereocenters. The lowest BCUT2D eigenvalue weighted by atomic mass is 9.95. The number of carbonyl (C=O) groups is 1. The van der Waals surface area contributed by atoms with Crippen LogP contribution in [0.15, 0.2) is 55.5 Å². The van der Waals surface area contributed by atoms with Gasteiger partial charge in [-0.05, 0) is 31.0 Å². The molecule has 1 aliphatic heterocycles. The first-order chi connectivity index (χ1) is 19.6. The number of halogens is 4. The maximum atomic E-state index is 13.3. The van der Waals surface area contributed by atoms with Gasteiger partial charge in [-0.15, -0.1) is 0 Å². The first-order valence-corrected chi connectivity index (χ1v) is 13.5. The number of carbonyl (C=O) groups excluding carboxylic acids is 1. The summed E-state index contributed by atoms with van der Waals surface area (Å²) in [5.41, 5.74) is 4.71. The van der Waals surface area contributed by atoms with Crippen molar-refractivity contribution in [3.05, 3.63) is 66.6 Å². The van der Waals surface area contributed by atoms with Crippen molar-refractivity contribution < 1.29 is 22.7 Å². The van der Waals surface area contributed by atoms with Crippen molar-refractivity contribution in [3.8, 4) is 17.1 Å². The van der Waals surface area contributed by atoms with Crippen molar-refractivity contribution in [3.63, 3.8) is 0 Å².